The number of ether oxygens (including phenoxy) is 2. The maximum Gasteiger partial charge on any atom is 0.409 e. The molecule has 11 nitrogen and oxygen atoms in total. The third-order valence-electron chi connectivity index (χ3n) is 5.05. The molecule has 0 saturated heterocycles. The van der Waals surface area contributed by atoms with Crippen LogP contribution in [-0.2, 0) is 16.6 Å². The molecule has 1 aliphatic rings. The minimum absolute atomic E-state index is 0.0129. The summed E-state index contributed by atoms with van der Waals surface area (Å²) in [6, 6.07) is 6.60. The first-order valence-corrected chi connectivity index (χ1v) is 11.9. The highest BCUT2D eigenvalue weighted by Crippen LogP contribution is 2.42. The zero-order valence-corrected chi connectivity index (χ0v) is 19.7. The van der Waals surface area contributed by atoms with Gasteiger partial charge in [-0.1, -0.05) is 0 Å². The van der Waals surface area contributed by atoms with Crippen LogP contribution in [0.4, 0.5) is 16.2 Å². The number of carbonyl (C=O) groups is 1. The Morgan fingerprint density at radius 2 is 2.15 bits per heavy atom. The fourth-order valence-corrected chi connectivity index (χ4v) is 5.12. The molecule has 3 rings (SSSR count). The van der Waals surface area contributed by atoms with Crippen LogP contribution in [0, 0.1) is 16.7 Å². The Morgan fingerprint density at radius 1 is 1.42 bits per heavy atom. The Bertz CT molecular complexity index is 1180. The molecule has 2 aromatic rings. The summed E-state index contributed by atoms with van der Waals surface area (Å²) < 4.78 is 41.8. The van der Waals surface area contributed by atoms with Gasteiger partial charge in [0.25, 0.3) is 15.9 Å². The Kier molecular flexibility index (Phi) is 6.73. The number of nitriles is 1. The van der Waals surface area contributed by atoms with Crippen molar-refractivity contribution in [2.24, 2.45) is 5.41 Å². The molecular formula is C21H27N5O6S. The number of hydrogen-bond acceptors (Lipinski definition) is 7. The molecule has 0 fully saturated rings. The Morgan fingerprint density at radius 3 is 2.76 bits per heavy atom. The second-order valence-corrected chi connectivity index (χ2v) is 10.0. The lowest BCUT2D eigenvalue weighted by Gasteiger charge is -2.37. The van der Waals surface area contributed by atoms with E-state index in [0.717, 1.165) is 4.31 Å². The smallest absolute Gasteiger partial charge is 0.409 e. The summed E-state index contributed by atoms with van der Waals surface area (Å²) in [7, 11) is -4.17. The van der Waals surface area contributed by atoms with Crippen molar-refractivity contribution in [1.29, 1.82) is 5.26 Å². The molecule has 0 spiro atoms. The maximum absolute atomic E-state index is 13.8. The molecule has 0 aliphatic carbocycles. The Hall–Kier alpha value is -3.46. The summed E-state index contributed by atoms with van der Waals surface area (Å²) in [6.07, 6.45) is -0.186. The van der Waals surface area contributed by atoms with E-state index in [1.165, 1.54) is 29.1 Å². The van der Waals surface area contributed by atoms with Crippen LogP contribution in [0.1, 0.15) is 34.1 Å². The molecule has 1 unspecified atom stereocenters. The van der Waals surface area contributed by atoms with Crippen LogP contribution in [0.25, 0.3) is 0 Å². The molecular weight excluding hydrogens is 450 g/mol. The van der Waals surface area contributed by atoms with E-state index in [1.807, 2.05) is 6.92 Å². The zero-order chi connectivity index (χ0) is 24.4. The van der Waals surface area contributed by atoms with Gasteiger partial charge in [-0.2, -0.15) is 5.26 Å². The summed E-state index contributed by atoms with van der Waals surface area (Å²) in [4.78, 5) is 11.0. The fourth-order valence-electron chi connectivity index (χ4n) is 3.54. The maximum atomic E-state index is 13.8. The Balaban J connectivity index is 2.12. The van der Waals surface area contributed by atoms with Gasteiger partial charge >= 0.3 is 6.09 Å². The lowest BCUT2D eigenvalue weighted by atomic mass is 9.88. The number of hydrogen-bond donors (Lipinski definition) is 2. The normalized spacial score (nSPS) is 15.8. The number of carboxylic acid groups (broad SMARTS) is 1. The van der Waals surface area contributed by atoms with Gasteiger partial charge in [-0.25, -0.2) is 13.2 Å². The summed E-state index contributed by atoms with van der Waals surface area (Å²) in [5.74, 6) is 0.251. The van der Waals surface area contributed by atoms with Crippen LogP contribution in [0.3, 0.4) is 0 Å². The van der Waals surface area contributed by atoms with Gasteiger partial charge in [-0.3, -0.25) is 14.3 Å². The molecule has 0 saturated carbocycles. The number of benzene rings is 1. The van der Waals surface area contributed by atoms with Gasteiger partial charge in [0.05, 0.1) is 30.3 Å². The molecule has 1 aromatic carbocycles. The van der Waals surface area contributed by atoms with Gasteiger partial charge in [-0.05, 0) is 45.9 Å². The zero-order valence-electron chi connectivity index (χ0n) is 18.9. The van der Waals surface area contributed by atoms with Crippen LogP contribution in [0.2, 0.25) is 0 Å². The number of nitrogens with zero attached hydrogens (tertiary/aromatic N) is 4. The number of aryl methyl sites for hydroxylation is 1. The van der Waals surface area contributed by atoms with Gasteiger partial charge in [0.15, 0.2) is 4.90 Å². The van der Waals surface area contributed by atoms with Crippen molar-refractivity contribution in [2.45, 2.75) is 51.7 Å². The number of fused-ring (bicyclic) bond motifs is 1. The lowest BCUT2D eigenvalue weighted by Crippen LogP contribution is -2.45. The summed E-state index contributed by atoms with van der Waals surface area (Å²) >= 11 is 0. The molecule has 178 valence electrons. The first-order valence-electron chi connectivity index (χ1n) is 10.5. The van der Waals surface area contributed by atoms with Crippen molar-refractivity contribution in [1.82, 2.24) is 9.78 Å². The van der Waals surface area contributed by atoms with Crippen LogP contribution < -0.4 is 19.1 Å². The van der Waals surface area contributed by atoms with Gasteiger partial charge < -0.3 is 14.6 Å². The molecule has 1 atom stereocenters. The van der Waals surface area contributed by atoms with Crippen molar-refractivity contribution < 1.29 is 27.8 Å². The molecule has 1 aliphatic heterocycles. The van der Waals surface area contributed by atoms with E-state index < -0.39 is 27.6 Å². The lowest BCUT2D eigenvalue weighted by molar-refractivity contribution is 0.156. The van der Waals surface area contributed by atoms with E-state index in [-0.39, 0.29) is 47.5 Å². The number of anilines is 2. The van der Waals surface area contributed by atoms with E-state index in [2.05, 4.69) is 16.5 Å². The van der Waals surface area contributed by atoms with E-state index in [1.54, 1.807) is 20.8 Å². The van der Waals surface area contributed by atoms with E-state index in [0.29, 0.717) is 6.54 Å². The molecule has 2 heterocycles. The summed E-state index contributed by atoms with van der Waals surface area (Å²) in [5, 5.41) is 24.9. The first kappa shape index (κ1) is 24.2. The Labute approximate surface area is 192 Å². The molecule has 0 radical (unpaired) electrons. The molecule has 33 heavy (non-hydrogen) atoms. The van der Waals surface area contributed by atoms with Crippen molar-refractivity contribution in [3.05, 3.63) is 24.4 Å². The van der Waals surface area contributed by atoms with Crippen LogP contribution in [0.5, 0.6) is 11.6 Å². The highest BCUT2D eigenvalue weighted by Gasteiger charge is 2.39. The summed E-state index contributed by atoms with van der Waals surface area (Å²) in [6.45, 7) is 7.67. The minimum Gasteiger partial charge on any atom is -0.486 e. The molecule has 2 N–H and O–H groups in total. The fraction of sp³-hybridized carbons (Fsp3) is 0.476. The number of nitrogens with one attached hydrogen (secondary N) is 1. The average Bonchev–Trinajstić information content (AvgIpc) is 3.17. The molecule has 0 bridgehead atoms. The largest absolute Gasteiger partial charge is 0.486 e. The molecule has 1 aromatic heterocycles. The van der Waals surface area contributed by atoms with E-state index >= 15 is 0 Å². The summed E-state index contributed by atoms with van der Waals surface area (Å²) in [5.41, 5.74) is -0.375. The average molecular weight is 478 g/mol. The van der Waals surface area contributed by atoms with Crippen LogP contribution >= 0.6 is 0 Å². The third-order valence-corrected chi connectivity index (χ3v) is 6.81. The van der Waals surface area contributed by atoms with Gasteiger partial charge in [0.2, 0.25) is 0 Å². The minimum atomic E-state index is -4.17. The van der Waals surface area contributed by atoms with Crippen molar-refractivity contribution in [2.75, 3.05) is 22.8 Å². The monoisotopic (exact) mass is 477 g/mol. The first-order chi connectivity index (χ1) is 15.5. The van der Waals surface area contributed by atoms with Gasteiger partial charge in [0, 0.05) is 24.8 Å². The van der Waals surface area contributed by atoms with Crippen molar-refractivity contribution >= 4 is 27.5 Å². The highest BCUT2D eigenvalue weighted by atomic mass is 32.2. The second-order valence-electron chi connectivity index (χ2n) is 8.18. The molecule has 1 amide bonds. The standard InChI is InChI=1S/C21H27N5O6S/c1-5-25-12-18(19(24-25)31-6-2)33(29,30)26-11-15(10-21(3,4)13-22)32-17-8-7-14(9-16(17)26)23-20(27)28/h7-9,12,15,23H,5-6,10-11H2,1-4H3,(H,27,28). The van der Waals surface area contributed by atoms with Gasteiger partial charge in [-0.15, -0.1) is 5.10 Å². The van der Waals surface area contributed by atoms with Crippen LogP contribution in [0.15, 0.2) is 29.3 Å². The van der Waals surface area contributed by atoms with E-state index in [9.17, 15) is 18.5 Å². The second kappa shape index (κ2) is 9.19. The van der Waals surface area contributed by atoms with Crippen molar-refractivity contribution in [3.63, 3.8) is 0 Å². The highest BCUT2D eigenvalue weighted by molar-refractivity contribution is 7.93. The van der Waals surface area contributed by atoms with Gasteiger partial charge in [0.1, 0.15) is 11.9 Å². The number of sulfonamides is 1. The quantitative estimate of drug-likeness (QED) is 0.589. The topological polar surface area (TPSA) is 147 Å². The predicted octanol–water partition coefficient (Wildman–Crippen LogP) is 3.29. The van der Waals surface area contributed by atoms with E-state index in [4.69, 9.17) is 14.6 Å². The van der Waals surface area contributed by atoms with Crippen molar-refractivity contribution in [3.8, 4) is 17.7 Å². The molecule has 12 heteroatoms. The number of amides is 1. The number of aromatic nitrogens is 2. The third kappa shape index (κ3) is 5.14. The SMILES string of the molecule is CCOc1nn(CC)cc1S(=O)(=O)N1CC(CC(C)(C)C#N)Oc2ccc(NC(=O)O)cc21. The predicted molar refractivity (Wildman–Crippen MR) is 120 cm³/mol. The number of rotatable bonds is 8. The van der Waals surface area contributed by atoms with Crippen LogP contribution in [-0.4, -0.2) is 48.7 Å².